The van der Waals surface area contributed by atoms with Crippen molar-refractivity contribution in [1.82, 2.24) is 15.5 Å². The third-order valence-electron chi connectivity index (χ3n) is 5.17. The molecular formula is C19H24ClN5O2. The van der Waals surface area contributed by atoms with E-state index in [1.165, 1.54) is 18.5 Å². The molecule has 1 aliphatic carbocycles. The summed E-state index contributed by atoms with van der Waals surface area (Å²) in [6.45, 7) is 1.75. The van der Waals surface area contributed by atoms with Gasteiger partial charge >= 0.3 is 6.03 Å². The van der Waals surface area contributed by atoms with Gasteiger partial charge in [0.25, 0.3) is 0 Å². The van der Waals surface area contributed by atoms with E-state index in [-0.39, 0.29) is 12.1 Å². The van der Waals surface area contributed by atoms with Crippen LogP contribution in [0.5, 0.6) is 5.75 Å². The number of ether oxygens (including phenoxy) is 1. The molecule has 1 aromatic carbocycles. The number of aromatic nitrogens is 2. The predicted octanol–water partition coefficient (Wildman–Crippen LogP) is 3.74. The number of aromatic amines is 1. The summed E-state index contributed by atoms with van der Waals surface area (Å²) in [4.78, 5) is 14.6. The molecule has 0 unspecified atom stereocenters. The van der Waals surface area contributed by atoms with Crippen molar-refractivity contribution in [1.29, 1.82) is 0 Å². The number of anilines is 2. The van der Waals surface area contributed by atoms with Crippen LogP contribution in [-0.2, 0) is 0 Å². The zero-order chi connectivity index (χ0) is 18.8. The third kappa shape index (κ3) is 4.30. The van der Waals surface area contributed by atoms with Crippen LogP contribution in [0.3, 0.4) is 0 Å². The Hall–Kier alpha value is -2.41. The number of hydrogen-bond acceptors (Lipinski definition) is 4. The number of hydrogen-bond donors (Lipinski definition) is 3. The van der Waals surface area contributed by atoms with E-state index in [9.17, 15) is 4.79 Å². The van der Waals surface area contributed by atoms with Crippen molar-refractivity contribution in [3.8, 4) is 5.75 Å². The number of amides is 2. The minimum atomic E-state index is -0.246. The highest BCUT2D eigenvalue weighted by atomic mass is 35.5. The van der Waals surface area contributed by atoms with E-state index >= 15 is 0 Å². The summed E-state index contributed by atoms with van der Waals surface area (Å²) in [6, 6.07) is 7.19. The van der Waals surface area contributed by atoms with Crippen LogP contribution in [0.1, 0.15) is 37.3 Å². The van der Waals surface area contributed by atoms with E-state index in [1.807, 2.05) is 0 Å². The van der Waals surface area contributed by atoms with Crippen LogP contribution in [0.25, 0.3) is 0 Å². The zero-order valence-electron chi connectivity index (χ0n) is 15.3. The molecule has 2 aliphatic rings. The first-order chi connectivity index (χ1) is 13.1. The molecule has 7 nitrogen and oxygen atoms in total. The summed E-state index contributed by atoms with van der Waals surface area (Å²) in [5.41, 5.74) is 1.81. The number of methoxy groups -OCH3 is 1. The van der Waals surface area contributed by atoms with Crippen molar-refractivity contribution in [2.24, 2.45) is 0 Å². The number of carbonyl (C=O) groups excluding carboxylic acids is 1. The van der Waals surface area contributed by atoms with E-state index in [0.717, 1.165) is 31.7 Å². The highest BCUT2D eigenvalue weighted by molar-refractivity contribution is 6.31. The number of halogens is 1. The maximum atomic E-state index is 12.3. The molecule has 2 heterocycles. The van der Waals surface area contributed by atoms with E-state index in [4.69, 9.17) is 16.3 Å². The van der Waals surface area contributed by atoms with Gasteiger partial charge in [-0.1, -0.05) is 11.6 Å². The smallest absolute Gasteiger partial charge is 0.319 e. The Morgan fingerprint density at radius 1 is 1.26 bits per heavy atom. The average molecular weight is 390 g/mol. The molecule has 0 atom stereocenters. The van der Waals surface area contributed by atoms with Crippen molar-refractivity contribution in [3.05, 3.63) is 35.0 Å². The van der Waals surface area contributed by atoms with Crippen LogP contribution in [0.4, 0.5) is 16.3 Å². The number of nitrogens with zero attached hydrogens (tertiary/aromatic N) is 2. The first kappa shape index (κ1) is 18.0. The monoisotopic (exact) mass is 389 g/mol. The molecule has 2 amide bonds. The fraction of sp³-hybridized carbons (Fsp3) is 0.474. The summed E-state index contributed by atoms with van der Waals surface area (Å²) in [7, 11) is 1.56. The largest absolute Gasteiger partial charge is 0.495 e. The molecular weight excluding hydrogens is 366 g/mol. The molecule has 0 bridgehead atoms. The fourth-order valence-electron chi connectivity index (χ4n) is 3.47. The average Bonchev–Trinajstić information content (AvgIpc) is 3.40. The van der Waals surface area contributed by atoms with Crippen LogP contribution in [0.2, 0.25) is 5.02 Å². The van der Waals surface area contributed by atoms with Crippen molar-refractivity contribution in [2.75, 3.05) is 30.4 Å². The number of carbonyl (C=O) groups is 1. The van der Waals surface area contributed by atoms with E-state index in [1.54, 1.807) is 25.3 Å². The van der Waals surface area contributed by atoms with Gasteiger partial charge in [-0.15, -0.1) is 0 Å². The van der Waals surface area contributed by atoms with Crippen LogP contribution in [0.15, 0.2) is 24.3 Å². The molecule has 1 saturated carbocycles. The van der Waals surface area contributed by atoms with E-state index in [2.05, 4.69) is 31.8 Å². The third-order valence-corrected chi connectivity index (χ3v) is 5.40. The summed E-state index contributed by atoms with van der Waals surface area (Å²) in [5.74, 6) is 2.27. The maximum Gasteiger partial charge on any atom is 0.319 e. The van der Waals surface area contributed by atoms with E-state index in [0.29, 0.717) is 22.4 Å². The lowest BCUT2D eigenvalue weighted by molar-refractivity contribution is 0.246. The van der Waals surface area contributed by atoms with Crippen molar-refractivity contribution < 1.29 is 9.53 Å². The number of benzene rings is 1. The number of nitrogens with one attached hydrogen (secondary N) is 3. The zero-order valence-corrected chi connectivity index (χ0v) is 16.1. The summed E-state index contributed by atoms with van der Waals surface area (Å²) >= 11 is 6.01. The molecule has 0 spiro atoms. The SMILES string of the molecule is COc1ccc(Cl)cc1NC(=O)NC1CCN(c2cc(C3CC3)[nH]n2)CC1. The van der Waals surface area contributed by atoms with Crippen LogP contribution < -0.4 is 20.3 Å². The molecule has 4 rings (SSSR count). The van der Waals surface area contributed by atoms with Gasteiger partial charge in [-0.2, -0.15) is 5.10 Å². The molecule has 8 heteroatoms. The Bertz CT molecular complexity index is 812. The molecule has 0 radical (unpaired) electrons. The molecule has 1 aromatic heterocycles. The second-order valence-corrected chi connectivity index (χ2v) is 7.60. The second-order valence-electron chi connectivity index (χ2n) is 7.16. The van der Waals surface area contributed by atoms with Gasteiger partial charge < -0.3 is 20.3 Å². The number of H-pyrrole nitrogens is 1. The van der Waals surface area contributed by atoms with Crippen LogP contribution in [-0.4, -0.2) is 42.5 Å². The van der Waals surface area contributed by atoms with Gasteiger partial charge in [0, 0.05) is 41.8 Å². The first-order valence-corrected chi connectivity index (χ1v) is 9.71. The van der Waals surface area contributed by atoms with Crippen LogP contribution in [0, 0.1) is 0 Å². The second kappa shape index (κ2) is 7.68. The predicted molar refractivity (Wildman–Crippen MR) is 106 cm³/mol. The van der Waals surface area contributed by atoms with Crippen molar-refractivity contribution in [3.63, 3.8) is 0 Å². The lowest BCUT2D eigenvalue weighted by Gasteiger charge is -2.32. The highest BCUT2D eigenvalue weighted by Crippen LogP contribution is 2.40. The Balaban J connectivity index is 1.28. The molecule has 2 aromatic rings. The van der Waals surface area contributed by atoms with Crippen molar-refractivity contribution >= 4 is 29.1 Å². The number of rotatable bonds is 5. The van der Waals surface area contributed by atoms with Gasteiger partial charge in [-0.25, -0.2) is 4.79 Å². The summed E-state index contributed by atoms with van der Waals surface area (Å²) in [5, 5.41) is 14.0. The minimum Gasteiger partial charge on any atom is -0.495 e. The van der Waals surface area contributed by atoms with Gasteiger partial charge in [-0.05, 0) is 43.9 Å². The molecule has 1 saturated heterocycles. The summed E-state index contributed by atoms with van der Waals surface area (Å²) in [6.07, 6.45) is 4.29. The Morgan fingerprint density at radius 3 is 2.74 bits per heavy atom. The van der Waals surface area contributed by atoms with Crippen LogP contribution >= 0.6 is 11.6 Å². The number of urea groups is 1. The van der Waals surface area contributed by atoms with Gasteiger partial charge in [0.05, 0.1) is 12.8 Å². The van der Waals surface area contributed by atoms with Gasteiger partial charge in [0.1, 0.15) is 5.75 Å². The minimum absolute atomic E-state index is 0.133. The van der Waals surface area contributed by atoms with Gasteiger partial charge in [0.15, 0.2) is 5.82 Å². The standard InChI is InChI=1S/C19H24ClN5O2/c1-27-17-5-4-13(20)10-16(17)22-19(26)21-14-6-8-25(9-7-14)18-11-15(23-24-18)12-2-3-12/h4-5,10-12,14H,2-3,6-9H2,1H3,(H,23,24)(H2,21,22,26). The first-order valence-electron chi connectivity index (χ1n) is 9.33. The fourth-order valence-corrected chi connectivity index (χ4v) is 3.64. The lowest BCUT2D eigenvalue weighted by atomic mass is 10.1. The molecule has 144 valence electrons. The Labute approximate surface area is 163 Å². The maximum absolute atomic E-state index is 12.3. The normalized spacial score (nSPS) is 17.6. The summed E-state index contributed by atoms with van der Waals surface area (Å²) < 4.78 is 5.26. The quantitative estimate of drug-likeness (QED) is 0.727. The van der Waals surface area contributed by atoms with E-state index < -0.39 is 0 Å². The lowest BCUT2D eigenvalue weighted by Crippen LogP contribution is -2.46. The molecule has 1 aliphatic heterocycles. The topological polar surface area (TPSA) is 82.3 Å². The molecule has 27 heavy (non-hydrogen) atoms. The highest BCUT2D eigenvalue weighted by Gasteiger charge is 2.27. The van der Waals surface area contributed by atoms with Crippen molar-refractivity contribution in [2.45, 2.75) is 37.6 Å². The molecule has 3 N–H and O–H groups in total. The Kier molecular flexibility index (Phi) is 5.11. The van der Waals surface area contributed by atoms with Gasteiger partial charge in [0.2, 0.25) is 0 Å². The molecule has 2 fully saturated rings. The Morgan fingerprint density at radius 2 is 2.04 bits per heavy atom. The van der Waals surface area contributed by atoms with Gasteiger partial charge in [-0.3, -0.25) is 5.10 Å². The number of piperidine rings is 1.